The molecule has 182 valence electrons. The molecule has 1 N–H and O–H groups in total. The molecule has 1 heterocycles. The van der Waals surface area contributed by atoms with Gasteiger partial charge in [0.05, 0.1) is 19.7 Å². The predicted molar refractivity (Wildman–Crippen MR) is 126 cm³/mol. The van der Waals surface area contributed by atoms with Gasteiger partial charge in [0.15, 0.2) is 0 Å². The van der Waals surface area contributed by atoms with E-state index in [-0.39, 0.29) is 41.5 Å². The predicted octanol–water partition coefficient (Wildman–Crippen LogP) is 1.24. The summed E-state index contributed by atoms with van der Waals surface area (Å²) >= 11 is 0. The van der Waals surface area contributed by atoms with Gasteiger partial charge in [-0.2, -0.15) is 4.31 Å². The summed E-state index contributed by atoms with van der Waals surface area (Å²) in [5.74, 6) is 6.33. The molecule has 3 atom stereocenters. The van der Waals surface area contributed by atoms with E-state index >= 15 is 0 Å². The SMILES string of the molecule is C[C@H]1CN([C@@H](C)CO)S(=O)(=O)c2ccc(C#CCN(C)C)cc2O[C@H]1CN(C)C(=O)C1CC1. The van der Waals surface area contributed by atoms with Crippen molar-refractivity contribution in [2.24, 2.45) is 11.8 Å². The van der Waals surface area contributed by atoms with E-state index in [1.54, 1.807) is 31.0 Å². The first-order chi connectivity index (χ1) is 15.5. The third-order valence-corrected chi connectivity index (χ3v) is 8.07. The van der Waals surface area contributed by atoms with Crippen molar-refractivity contribution < 1.29 is 23.1 Å². The zero-order valence-corrected chi connectivity index (χ0v) is 20.9. The van der Waals surface area contributed by atoms with Crippen LogP contribution in [0.3, 0.4) is 0 Å². The van der Waals surface area contributed by atoms with Crippen LogP contribution < -0.4 is 4.74 Å². The Morgan fingerprint density at radius 1 is 1.30 bits per heavy atom. The van der Waals surface area contributed by atoms with Gasteiger partial charge in [0.25, 0.3) is 0 Å². The van der Waals surface area contributed by atoms with Gasteiger partial charge in [0.2, 0.25) is 15.9 Å². The number of hydrogen-bond acceptors (Lipinski definition) is 6. The molecule has 1 aromatic rings. The quantitative estimate of drug-likeness (QED) is 0.620. The van der Waals surface area contributed by atoms with Crippen molar-refractivity contribution >= 4 is 15.9 Å². The lowest BCUT2D eigenvalue weighted by atomic mass is 10.0. The van der Waals surface area contributed by atoms with Crippen LogP contribution in [0.1, 0.15) is 32.3 Å². The number of aliphatic hydroxyl groups is 1. The molecule has 0 spiro atoms. The molecule has 0 unspecified atom stereocenters. The lowest BCUT2D eigenvalue weighted by molar-refractivity contribution is -0.132. The van der Waals surface area contributed by atoms with Crippen LogP contribution in [0.5, 0.6) is 5.75 Å². The monoisotopic (exact) mass is 477 g/mol. The molecule has 0 saturated heterocycles. The van der Waals surface area contributed by atoms with Crippen LogP contribution in [0, 0.1) is 23.7 Å². The maximum atomic E-state index is 13.5. The average molecular weight is 478 g/mol. The Morgan fingerprint density at radius 3 is 2.61 bits per heavy atom. The summed E-state index contributed by atoms with van der Waals surface area (Å²) in [5.41, 5.74) is 0.655. The standard InChI is InChI=1S/C24H35N3O5S/c1-17-14-27(18(2)16-28)33(30,31)23-11-8-19(7-6-12-25(3)4)13-21(23)32-22(17)15-26(5)24(29)20-9-10-20/h8,11,13,17-18,20,22,28H,9-10,12,14-16H2,1-5H3/t17-,18-,22-/m0/s1. The Bertz CT molecular complexity index is 1030. The molecule has 1 fully saturated rings. The van der Waals surface area contributed by atoms with Gasteiger partial charge in [0.1, 0.15) is 16.7 Å². The summed E-state index contributed by atoms with van der Waals surface area (Å²) in [6.07, 6.45) is 1.43. The van der Waals surface area contributed by atoms with Gasteiger partial charge in [0, 0.05) is 37.0 Å². The molecule has 33 heavy (non-hydrogen) atoms. The minimum atomic E-state index is -3.90. The van der Waals surface area contributed by atoms with Crippen molar-refractivity contribution in [1.82, 2.24) is 14.1 Å². The number of carbonyl (C=O) groups excluding carboxylic acids is 1. The van der Waals surface area contributed by atoms with Crippen LogP contribution in [-0.4, -0.2) is 93.1 Å². The first kappa shape index (κ1) is 25.5. The summed E-state index contributed by atoms with van der Waals surface area (Å²) in [6, 6.07) is 4.26. The van der Waals surface area contributed by atoms with E-state index < -0.39 is 22.2 Å². The minimum absolute atomic E-state index is 0.0500. The summed E-state index contributed by atoms with van der Waals surface area (Å²) < 4.78 is 34.6. The molecular formula is C24H35N3O5S. The molecule has 1 aliphatic carbocycles. The van der Waals surface area contributed by atoms with Gasteiger partial charge in [-0.1, -0.05) is 18.8 Å². The number of fused-ring (bicyclic) bond motifs is 1. The highest BCUT2D eigenvalue weighted by Crippen LogP contribution is 2.35. The molecule has 8 nitrogen and oxygen atoms in total. The summed E-state index contributed by atoms with van der Waals surface area (Å²) in [6.45, 7) is 4.42. The molecule has 1 aliphatic heterocycles. The van der Waals surface area contributed by atoms with E-state index in [0.29, 0.717) is 18.7 Å². The molecule has 1 saturated carbocycles. The van der Waals surface area contributed by atoms with Gasteiger partial charge >= 0.3 is 0 Å². The fourth-order valence-electron chi connectivity index (χ4n) is 3.82. The van der Waals surface area contributed by atoms with Gasteiger partial charge in [-0.3, -0.25) is 9.69 Å². The fourth-order valence-corrected chi connectivity index (χ4v) is 5.65. The molecule has 2 aliphatic rings. The van der Waals surface area contributed by atoms with E-state index in [2.05, 4.69) is 11.8 Å². The maximum Gasteiger partial charge on any atom is 0.247 e. The fraction of sp³-hybridized carbons (Fsp3) is 0.625. The highest BCUT2D eigenvalue weighted by atomic mass is 32.2. The topological polar surface area (TPSA) is 90.4 Å². The highest BCUT2D eigenvalue weighted by molar-refractivity contribution is 7.89. The molecule has 1 amide bonds. The first-order valence-electron chi connectivity index (χ1n) is 11.4. The number of hydrogen-bond donors (Lipinski definition) is 1. The second kappa shape index (κ2) is 10.4. The van der Waals surface area contributed by atoms with Crippen molar-refractivity contribution in [3.8, 4) is 17.6 Å². The number of carbonyl (C=O) groups is 1. The molecule has 0 radical (unpaired) electrons. The van der Waals surface area contributed by atoms with Gasteiger partial charge in [-0.25, -0.2) is 8.42 Å². The van der Waals surface area contributed by atoms with Crippen LogP contribution in [0.4, 0.5) is 0 Å². The first-order valence-corrected chi connectivity index (χ1v) is 12.8. The van der Waals surface area contributed by atoms with Gasteiger partial charge in [-0.05, 0) is 52.1 Å². The molecule has 0 bridgehead atoms. The van der Waals surface area contributed by atoms with Crippen molar-refractivity contribution in [3.05, 3.63) is 23.8 Å². The lowest BCUT2D eigenvalue weighted by Crippen LogP contribution is -2.50. The third kappa shape index (κ3) is 6.07. The normalized spacial score (nSPS) is 23.4. The summed E-state index contributed by atoms with van der Waals surface area (Å²) in [7, 11) is 1.72. The Morgan fingerprint density at radius 2 is 2.00 bits per heavy atom. The highest BCUT2D eigenvalue weighted by Gasteiger charge is 2.39. The molecule has 9 heteroatoms. The van der Waals surface area contributed by atoms with E-state index in [1.807, 2.05) is 25.9 Å². The molecular weight excluding hydrogens is 442 g/mol. The smallest absolute Gasteiger partial charge is 0.247 e. The van der Waals surface area contributed by atoms with Crippen LogP contribution in [0.25, 0.3) is 0 Å². The largest absolute Gasteiger partial charge is 0.487 e. The van der Waals surface area contributed by atoms with E-state index in [9.17, 15) is 18.3 Å². The second-order valence-corrected chi connectivity index (χ2v) is 11.3. The third-order valence-electron chi connectivity index (χ3n) is 6.05. The van der Waals surface area contributed by atoms with E-state index in [1.165, 1.54) is 10.4 Å². The number of amides is 1. The Kier molecular flexibility index (Phi) is 8.06. The number of ether oxygens (including phenoxy) is 1. The van der Waals surface area contributed by atoms with E-state index in [0.717, 1.165) is 12.8 Å². The zero-order chi connectivity index (χ0) is 24.3. The molecule has 1 aromatic carbocycles. The summed E-state index contributed by atoms with van der Waals surface area (Å²) in [4.78, 5) is 16.2. The van der Waals surface area contributed by atoms with Gasteiger partial charge < -0.3 is 14.7 Å². The number of nitrogens with zero attached hydrogens (tertiary/aromatic N) is 3. The number of rotatable bonds is 6. The van der Waals surface area contributed by atoms with Crippen molar-refractivity contribution in [3.63, 3.8) is 0 Å². The van der Waals surface area contributed by atoms with Crippen LogP contribution in [-0.2, 0) is 14.8 Å². The number of likely N-dealkylation sites (N-methyl/N-ethyl adjacent to an activating group) is 1. The van der Waals surface area contributed by atoms with Crippen LogP contribution in [0.15, 0.2) is 23.1 Å². The Hall–Kier alpha value is -2.12. The van der Waals surface area contributed by atoms with Crippen LogP contribution >= 0.6 is 0 Å². The zero-order valence-electron chi connectivity index (χ0n) is 20.1. The van der Waals surface area contributed by atoms with Crippen molar-refractivity contribution in [2.75, 3.05) is 47.4 Å². The molecule has 0 aromatic heterocycles. The minimum Gasteiger partial charge on any atom is -0.487 e. The Balaban J connectivity index is 2.00. The van der Waals surface area contributed by atoms with E-state index in [4.69, 9.17) is 4.74 Å². The second-order valence-electron chi connectivity index (χ2n) is 9.43. The van der Waals surface area contributed by atoms with Gasteiger partial charge in [-0.15, -0.1) is 0 Å². The van der Waals surface area contributed by atoms with Crippen molar-refractivity contribution in [2.45, 2.75) is 43.7 Å². The number of aliphatic hydroxyl groups excluding tert-OH is 1. The number of benzene rings is 1. The number of sulfonamides is 1. The average Bonchev–Trinajstić information content (AvgIpc) is 3.60. The summed E-state index contributed by atoms with van der Waals surface area (Å²) in [5, 5.41) is 9.74. The molecule has 3 rings (SSSR count). The Labute approximate surface area is 197 Å². The van der Waals surface area contributed by atoms with Crippen molar-refractivity contribution in [1.29, 1.82) is 0 Å². The maximum absolute atomic E-state index is 13.5. The van der Waals surface area contributed by atoms with Crippen LogP contribution in [0.2, 0.25) is 0 Å². The lowest BCUT2D eigenvalue weighted by Gasteiger charge is -2.37.